The number of aromatic carboxylic acids is 1. The molecule has 0 atom stereocenters. The van der Waals surface area contributed by atoms with Crippen molar-refractivity contribution in [3.63, 3.8) is 0 Å². The van der Waals surface area contributed by atoms with Crippen molar-refractivity contribution in [1.82, 2.24) is 0 Å². The summed E-state index contributed by atoms with van der Waals surface area (Å²) in [5, 5.41) is 9.09. The first-order valence-corrected chi connectivity index (χ1v) is 5.59. The van der Waals surface area contributed by atoms with Gasteiger partial charge in [0.15, 0.2) is 5.75 Å². The summed E-state index contributed by atoms with van der Waals surface area (Å²) in [7, 11) is 0. The third-order valence-corrected chi connectivity index (χ3v) is 2.73. The number of carboxylic acids is 1. The lowest BCUT2D eigenvalue weighted by Gasteiger charge is -2.31. The number of anilines is 1. The molecule has 1 aliphatic heterocycles. The van der Waals surface area contributed by atoms with Crippen LogP contribution in [0.2, 0.25) is 0 Å². The molecule has 0 spiro atoms. The second-order valence-electron chi connectivity index (χ2n) is 3.82. The van der Waals surface area contributed by atoms with Gasteiger partial charge in [0.25, 0.3) is 0 Å². The zero-order valence-corrected chi connectivity index (χ0v) is 9.72. The van der Waals surface area contributed by atoms with Gasteiger partial charge in [-0.15, -0.1) is 0 Å². The Morgan fingerprint density at radius 3 is 3.12 bits per heavy atom. The molecule has 0 aliphatic carbocycles. The Labute approximate surface area is 100 Å². The first-order chi connectivity index (χ1) is 8.24. The topological polar surface area (TPSA) is 49.8 Å². The number of para-hydroxylation sites is 1. The molecule has 4 heteroatoms. The Kier molecular flexibility index (Phi) is 3.32. The van der Waals surface area contributed by atoms with Crippen LogP contribution in [0, 0.1) is 0 Å². The van der Waals surface area contributed by atoms with Gasteiger partial charge < -0.3 is 14.7 Å². The third-order valence-electron chi connectivity index (χ3n) is 2.73. The van der Waals surface area contributed by atoms with Crippen LogP contribution in [0.25, 0.3) is 0 Å². The van der Waals surface area contributed by atoms with Gasteiger partial charge in [0.2, 0.25) is 0 Å². The lowest BCUT2D eigenvalue weighted by molar-refractivity contribution is 0.0692. The highest BCUT2D eigenvalue weighted by Crippen LogP contribution is 2.34. The van der Waals surface area contributed by atoms with Gasteiger partial charge in [-0.25, -0.2) is 4.79 Å². The Bertz CT molecular complexity index is 454. The number of allylic oxidation sites excluding steroid dienone is 1. The first kappa shape index (κ1) is 11.5. The zero-order valence-electron chi connectivity index (χ0n) is 9.72. The Morgan fingerprint density at radius 1 is 1.59 bits per heavy atom. The number of rotatable bonds is 3. The minimum atomic E-state index is -0.949. The van der Waals surface area contributed by atoms with Gasteiger partial charge in [-0.2, -0.15) is 0 Å². The molecular weight excluding hydrogens is 218 g/mol. The van der Waals surface area contributed by atoms with Crippen molar-refractivity contribution in [3.05, 3.63) is 35.9 Å². The van der Waals surface area contributed by atoms with Gasteiger partial charge in [0, 0.05) is 6.54 Å². The van der Waals surface area contributed by atoms with Crippen molar-refractivity contribution in [3.8, 4) is 5.75 Å². The Hall–Kier alpha value is -1.97. The van der Waals surface area contributed by atoms with Crippen molar-refractivity contribution < 1.29 is 14.6 Å². The largest absolute Gasteiger partial charge is 0.489 e. The first-order valence-electron chi connectivity index (χ1n) is 5.59. The molecular formula is C13H15NO3. The van der Waals surface area contributed by atoms with Gasteiger partial charge in [-0.3, -0.25) is 0 Å². The van der Waals surface area contributed by atoms with Crippen molar-refractivity contribution in [1.29, 1.82) is 0 Å². The lowest BCUT2D eigenvalue weighted by atomic mass is 10.1. The number of hydrogen-bond donors (Lipinski definition) is 1. The molecule has 0 saturated carbocycles. The highest BCUT2D eigenvalue weighted by molar-refractivity contribution is 5.93. The number of nitrogens with zero attached hydrogens (tertiary/aromatic N) is 1. The molecule has 0 aromatic heterocycles. The molecule has 17 heavy (non-hydrogen) atoms. The van der Waals surface area contributed by atoms with Crippen LogP contribution in [-0.4, -0.2) is 30.8 Å². The number of carbonyl (C=O) groups is 1. The standard InChI is InChI=1S/C13H15NO3/c1-2-3-7-14-8-9-17-12-10(13(15)16)5-4-6-11(12)14/h2-6H,7-9H2,1H3,(H,15,16)/b3-2+. The molecule has 0 radical (unpaired) electrons. The van der Waals surface area contributed by atoms with E-state index in [1.165, 1.54) is 0 Å². The summed E-state index contributed by atoms with van der Waals surface area (Å²) in [5.41, 5.74) is 1.09. The van der Waals surface area contributed by atoms with Gasteiger partial charge in [-0.1, -0.05) is 18.2 Å². The Morgan fingerprint density at radius 2 is 2.41 bits per heavy atom. The second-order valence-corrected chi connectivity index (χ2v) is 3.82. The molecule has 1 aromatic carbocycles. The van der Waals surface area contributed by atoms with Crippen molar-refractivity contribution in [2.45, 2.75) is 6.92 Å². The smallest absolute Gasteiger partial charge is 0.339 e. The maximum absolute atomic E-state index is 11.1. The molecule has 4 nitrogen and oxygen atoms in total. The van der Waals surface area contributed by atoms with Crippen molar-refractivity contribution in [2.75, 3.05) is 24.6 Å². The molecule has 1 N–H and O–H groups in total. The monoisotopic (exact) mass is 233 g/mol. The lowest BCUT2D eigenvalue weighted by Crippen LogP contribution is -2.33. The Balaban J connectivity index is 2.38. The molecule has 1 aromatic rings. The van der Waals surface area contributed by atoms with Crippen molar-refractivity contribution >= 4 is 11.7 Å². The molecule has 90 valence electrons. The van der Waals surface area contributed by atoms with E-state index in [9.17, 15) is 4.79 Å². The average molecular weight is 233 g/mol. The number of fused-ring (bicyclic) bond motifs is 1. The molecule has 0 bridgehead atoms. The van der Waals surface area contributed by atoms with E-state index in [0.717, 1.165) is 18.8 Å². The van der Waals surface area contributed by atoms with E-state index in [2.05, 4.69) is 4.90 Å². The minimum absolute atomic E-state index is 0.229. The maximum Gasteiger partial charge on any atom is 0.339 e. The molecule has 2 rings (SSSR count). The zero-order chi connectivity index (χ0) is 12.3. The van der Waals surface area contributed by atoms with Crippen LogP contribution in [0.15, 0.2) is 30.4 Å². The van der Waals surface area contributed by atoms with E-state index in [-0.39, 0.29) is 5.56 Å². The normalized spacial score (nSPS) is 14.5. The van der Waals surface area contributed by atoms with Gasteiger partial charge in [0.1, 0.15) is 12.2 Å². The molecule has 1 aliphatic rings. The van der Waals surface area contributed by atoms with Crippen LogP contribution in [0.5, 0.6) is 5.75 Å². The quantitative estimate of drug-likeness (QED) is 0.813. The summed E-state index contributed by atoms with van der Waals surface area (Å²) in [4.78, 5) is 13.2. The molecule has 1 heterocycles. The fourth-order valence-corrected chi connectivity index (χ4v) is 1.89. The van der Waals surface area contributed by atoms with Crippen molar-refractivity contribution in [2.24, 2.45) is 0 Å². The molecule has 0 saturated heterocycles. The number of benzene rings is 1. The van der Waals surface area contributed by atoms with Crippen LogP contribution >= 0.6 is 0 Å². The van der Waals surface area contributed by atoms with E-state index in [4.69, 9.17) is 9.84 Å². The van der Waals surface area contributed by atoms with Crippen LogP contribution in [0.4, 0.5) is 5.69 Å². The summed E-state index contributed by atoms with van der Waals surface area (Å²) in [6, 6.07) is 5.21. The van der Waals surface area contributed by atoms with Gasteiger partial charge >= 0.3 is 5.97 Å². The minimum Gasteiger partial charge on any atom is -0.489 e. The highest BCUT2D eigenvalue weighted by Gasteiger charge is 2.22. The summed E-state index contributed by atoms with van der Waals surface area (Å²) in [6.45, 7) is 4.04. The van der Waals surface area contributed by atoms with E-state index in [1.54, 1.807) is 12.1 Å². The van der Waals surface area contributed by atoms with Crippen LogP contribution in [-0.2, 0) is 0 Å². The summed E-state index contributed by atoms with van der Waals surface area (Å²) >= 11 is 0. The SMILES string of the molecule is C/C=C/CN1CCOc2c(C(=O)O)cccc21. The third kappa shape index (κ3) is 2.25. The van der Waals surface area contributed by atoms with Crippen LogP contribution < -0.4 is 9.64 Å². The fourth-order valence-electron chi connectivity index (χ4n) is 1.89. The summed E-state index contributed by atoms with van der Waals surface area (Å²) in [6.07, 6.45) is 4.03. The maximum atomic E-state index is 11.1. The second kappa shape index (κ2) is 4.91. The molecule has 0 fully saturated rings. The van der Waals surface area contributed by atoms with Crippen LogP contribution in [0.1, 0.15) is 17.3 Å². The van der Waals surface area contributed by atoms with E-state index in [0.29, 0.717) is 12.4 Å². The summed E-state index contributed by atoms with van der Waals surface area (Å²) in [5.74, 6) is -0.467. The highest BCUT2D eigenvalue weighted by atomic mass is 16.5. The van der Waals surface area contributed by atoms with E-state index in [1.807, 2.05) is 25.1 Å². The van der Waals surface area contributed by atoms with Crippen LogP contribution in [0.3, 0.4) is 0 Å². The number of hydrogen-bond acceptors (Lipinski definition) is 3. The van der Waals surface area contributed by atoms with E-state index < -0.39 is 5.97 Å². The van der Waals surface area contributed by atoms with Gasteiger partial charge in [-0.05, 0) is 19.1 Å². The van der Waals surface area contributed by atoms with E-state index >= 15 is 0 Å². The molecule has 0 unspecified atom stereocenters. The number of ether oxygens (including phenoxy) is 1. The number of carboxylic acid groups (broad SMARTS) is 1. The average Bonchev–Trinajstić information content (AvgIpc) is 2.35. The predicted octanol–water partition coefficient (Wildman–Crippen LogP) is 2.16. The molecule has 0 amide bonds. The predicted molar refractivity (Wildman–Crippen MR) is 65.9 cm³/mol. The fraction of sp³-hybridized carbons (Fsp3) is 0.308. The summed E-state index contributed by atoms with van der Waals surface area (Å²) < 4.78 is 5.48. The van der Waals surface area contributed by atoms with Gasteiger partial charge in [0.05, 0.1) is 12.2 Å².